The predicted molar refractivity (Wildman–Crippen MR) is 191 cm³/mol. The zero-order valence-corrected chi connectivity index (χ0v) is 28.4. The number of unbranched alkanes of at least 4 members (excludes halogenated alkanes) is 1. The highest BCUT2D eigenvalue weighted by Gasteiger charge is 2.14. The van der Waals surface area contributed by atoms with E-state index in [1.54, 1.807) is 18.2 Å². The van der Waals surface area contributed by atoms with Crippen LogP contribution in [0.25, 0.3) is 44.2 Å². The molecule has 0 spiro atoms. The van der Waals surface area contributed by atoms with Gasteiger partial charge >= 0.3 is 11.3 Å². The Labute approximate surface area is 279 Å². The van der Waals surface area contributed by atoms with Crippen LogP contribution in [0.15, 0.2) is 109 Å². The van der Waals surface area contributed by atoms with E-state index in [-0.39, 0.29) is 16.8 Å². The molecule has 0 aliphatic rings. The van der Waals surface area contributed by atoms with Gasteiger partial charge in [-0.15, -0.1) is 0 Å². The maximum absolute atomic E-state index is 13.3. The number of benzene rings is 4. The van der Waals surface area contributed by atoms with E-state index in [2.05, 4.69) is 13.8 Å². The third kappa shape index (κ3) is 8.85. The van der Waals surface area contributed by atoms with Crippen LogP contribution in [0.1, 0.15) is 63.3 Å². The molecule has 1 unspecified atom stereocenters. The Morgan fingerprint density at radius 3 is 1.89 bits per heavy atom. The molecule has 244 valence electrons. The first kappa shape index (κ1) is 35.3. The van der Waals surface area contributed by atoms with E-state index in [1.807, 2.05) is 82.3 Å². The van der Waals surface area contributed by atoms with Crippen molar-refractivity contribution in [3.05, 3.63) is 139 Å². The summed E-state index contributed by atoms with van der Waals surface area (Å²) < 4.78 is 29.5. The topological polar surface area (TPSA) is 69.7 Å². The molecule has 1 atom stereocenters. The Morgan fingerprint density at radius 2 is 1.30 bits per heavy atom. The molecule has 2 heterocycles. The first-order valence-electron chi connectivity index (χ1n) is 15.8. The molecule has 0 amide bonds. The minimum Gasteiger partial charge on any atom is -0.423 e. The van der Waals surface area contributed by atoms with E-state index >= 15 is 0 Å². The average Bonchev–Trinajstić information content (AvgIpc) is 3.04. The van der Waals surface area contributed by atoms with Crippen LogP contribution in [0.4, 0.5) is 4.39 Å². The molecular weight excluding hydrogens is 615 g/mol. The van der Waals surface area contributed by atoms with Gasteiger partial charge in [0.2, 0.25) is 0 Å². The van der Waals surface area contributed by atoms with Crippen molar-refractivity contribution < 1.29 is 18.0 Å². The Bertz CT molecular complexity index is 2090. The summed E-state index contributed by atoms with van der Waals surface area (Å²) in [7, 11) is 0. The van der Waals surface area contributed by atoms with E-state index in [0.29, 0.717) is 28.9 Å². The first-order chi connectivity index (χ1) is 22.6. The standard InChI is InChI=1S/C19H16ClFO3.C17H14O2.C4H10/c1-3-23-11(2)12-4-6-15-16(10-19(22)24-18(15)8-12)14-7-5-13(21)9-17(14)20;1-11-7-8-14-15(10-17(18)19-16(14)9-11)13-6-4-3-5-12(13)2;1-3-4-2/h4-11H,3H2,1-2H3;3-10H,1-2H3;3-4H2,1-2H3. The van der Waals surface area contributed by atoms with Crippen LogP contribution < -0.4 is 11.3 Å². The second-order valence-corrected chi connectivity index (χ2v) is 11.7. The highest BCUT2D eigenvalue weighted by Crippen LogP contribution is 2.34. The smallest absolute Gasteiger partial charge is 0.336 e. The summed E-state index contributed by atoms with van der Waals surface area (Å²) in [6, 6.07) is 26.6. The van der Waals surface area contributed by atoms with Crippen LogP contribution in [-0.2, 0) is 4.74 Å². The van der Waals surface area contributed by atoms with Crippen LogP contribution >= 0.6 is 11.6 Å². The van der Waals surface area contributed by atoms with Crippen molar-refractivity contribution in [3.8, 4) is 22.3 Å². The van der Waals surface area contributed by atoms with E-state index in [9.17, 15) is 14.0 Å². The van der Waals surface area contributed by atoms with Gasteiger partial charge in [-0.2, -0.15) is 0 Å². The van der Waals surface area contributed by atoms with Gasteiger partial charge in [-0.05, 0) is 80.3 Å². The van der Waals surface area contributed by atoms with Crippen molar-refractivity contribution in [3.63, 3.8) is 0 Å². The van der Waals surface area contributed by atoms with Crippen LogP contribution in [0.5, 0.6) is 0 Å². The molecule has 0 aliphatic heterocycles. The minimum atomic E-state index is -0.487. The average molecular weight is 655 g/mol. The number of hydrogen-bond donors (Lipinski definition) is 0. The number of hydrogen-bond acceptors (Lipinski definition) is 5. The van der Waals surface area contributed by atoms with E-state index < -0.39 is 11.4 Å². The van der Waals surface area contributed by atoms with Crippen LogP contribution in [0, 0.1) is 19.7 Å². The fourth-order valence-electron chi connectivity index (χ4n) is 5.08. The lowest BCUT2D eigenvalue weighted by atomic mass is 9.97. The van der Waals surface area contributed by atoms with E-state index in [1.165, 1.54) is 31.0 Å². The van der Waals surface area contributed by atoms with Crippen molar-refractivity contribution in [2.75, 3.05) is 6.61 Å². The fourth-order valence-corrected chi connectivity index (χ4v) is 5.35. The highest BCUT2D eigenvalue weighted by atomic mass is 35.5. The van der Waals surface area contributed by atoms with Gasteiger partial charge in [-0.1, -0.05) is 86.8 Å². The SMILES string of the molecule is CCCC.CCOC(C)c1ccc2c(-c3ccc(F)cc3Cl)cc(=O)oc2c1.Cc1ccc2c(-c3ccccc3C)cc(=O)oc2c1. The second kappa shape index (κ2) is 16.3. The molecule has 0 aliphatic carbocycles. The third-order valence-electron chi connectivity index (χ3n) is 7.71. The van der Waals surface area contributed by atoms with E-state index in [4.69, 9.17) is 25.2 Å². The number of halogens is 2. The van der Waals surface area contributed by atoms with E-state index in [0.717, 1.165) is 38.6 Å². The molecule has 7 heteroatoms. The number of aryl methyl sites for hydroxylation is 2. The van der Waals surface area contributed by atoms with Gasteiger partial charge in [0.05, 0.1) is 11.1 Å². The summed E-state index contributed by atoms with van der Waals surface area (Å²) in [5.41, 5.74) is 6.64. The zero-order valence-electron chi connectivity index (χ0n) is 27.7. The Kier molecular flexibility index (Phi) is 12.3. The van der Waals surface area contributed by atoms with Gasteiger partial charge < -0.3 is 13.6 Å². The second-order valence-electron chi connectivity index (χ2n) is 11.3. The lowest BCUT2D eigenvalue weighted by Crippen LogP contribution is -2.02. The van der Waals surface area contributed by atoms with Crippen LogP contribution in [-0.4, -0.2) is 6.61 Å². The maximum atomic E-state index is 13.3. The Balaban J connectivity index is 0.000000195. The summed E-state index contributed by atoms with van der Waals surface area (Å²) in [4.78, 5) is 23.7. The molecule has 0 radical (unpaired) electrons. The maximum Gasteiger partial charge on any atom is 0.336 e. The van der Waals surface area contributed by atoms with Crippen LogP contribution in [0.2, 0.25) is 5.02 Å². The minimum absolute atomic E-state index is 0.109. The van der Waals surface area contributed by atoms with Gasteiger partial charge in [-0.25, -0.2) is 14.0 Å². The zero-order chi connectivity index (χ0) is 34.1. The normalized spacial score (nSPS) is 11.4. The number of rotatable bonds is 6. The predicted octanol–water partition coefficient (Wildman–Crippen LogP) is 11.2. The summed E-state index contributed by atoms with van der Waals surface area (Å²) in [6.45, 7) is 12.8. The lowest BCUT2D eigenvalue weighted by Gasteiger charge is -2.13. The molecule has 0 fully saturated rings. The molecule has 0 bridgehead atoms. The fraction of sp³-hybridized carbons (Fsp3) is 0.250. The Hall–Kier alpha value is -4.52. The van der Waals surface area contributed by atoms with Crippen LogP contribution in [0.3, 0.4) is 0 Å². The molecule has 6 aromatic rings. The summed E-state index contributed by atoms with van der Waals surface area (Å²) in [6.07, 6.45) is 2.53. The Morgan fingerprint density at radius 1 is 0.702 bits per heavy atom. The first-order valence-corrected chi connectivity index (χ1v) is 16.2. The van der Waals surface area contributed by atoms with Crippen molar-refractivity contribution >= 4 is 33.5 Å². The third-order valence-corrected chi connectivity index (χ3v) is 8.02. The molecule has 2 aromatic heterocycles. The molecular formula is C40H40ClFO5. The molecule has 0 N–H and O–H groups in total. The van der Waals surface area contributed by atoms with Crippen molar-refractivity contribution in [2.24, 2.45) is 0 Å². The van der Waals surface area contributed by atoms with Gasteiger partial charge in [-0.3, -0.25) is 0 Å². The number of fused-ring (bicyclic) bond motifs is 2. The number of ether oxygens (including phenoxy) is 1. The molecule has 4 aromatic carbocycles. The summed E-state index contributed by atoms with van der Waals surface area (Å²) in [5.74, 6) is -0.427. The van der Waals surface area contributed by atoms with Crippen molar-refractivity contribution in [1.82, 2.24) is 0 Å². The molecule has 47 heavy (non-hydrogen) atoms. The summed E-state index contributed by atoms with van der Waals surface area (Å²) in [5, 5.41) is 1.95. The molecule has 0 saturated carbocycles. The lowest BCUT2D eigenvalue weighted by molar-refractivity contribution is 0.0764. The quantitative estimate of drug-likeness (QED) is 0.167. The largest absolute Gasteiger partial charge is 0.423 e. The summed E-state index contributed by atoms with van der Waals surface area (Å²) >= 11 is 6.15. The monoisotopic (exact) mass is 654 g/mol. The molecule has 5 nitrogen and oxygen atoms in total. The molecule has 0 saturated heterocycles. The van der Waals surface area contributed by atoms with Gasteiger partial charge in [0.15, 0.2) is 0 Å². The van der Waals surface area contributed by atoms with Crippen molar-refractivity contribution in [2.45, 2.75) is 60.5 Å². The highest BCUT2D eigenvalue weighted by molar-refractivity contribution is 6.33. The van der Waals surface area contributed by atoms with Gasteiger partial charge in [0.25, 0.3) is 0 Å². The van der Waals surface area contributed by atoms with Gasteiger partial charge in [0.1, 0.15) is 17.0 Å². The van der Waals surface area contributed by atoms with Gasteiger partial charge in [0, 0.05) is 46.2 Å². The molecule has 6 rings (SSSR count). The van der Waals surface area contributed by atoms with Crippen molar-refractivity contribution in [1.29, 1.82) is 0 Å².